The number of hydrogen-bond acceptors (Lipinski definition) is 4. The van der Waals surface area contributed by atoms with Crippen molar-refractivity contribution in [2.45, 2.75) is 19.3 Å². The van der Waals surface area contributed by atoms with Crippen LogP contribution in [0, 0.1) is 23.7 Å². The second-order valence-electron chi connectivity index (χ2n) is 6.92. The van der Waals surface area contributed by atoms with Crippen molar-refractivity contribution in [3.8, 4) is 5.75 Å². The van der Waals surface area contributed by atoms with Crippen LogP contribution < -0.4 is 10.1 Å². The van der Waals surface area contributed by atoms with Gasteiger partial charge in [-0.3, -0.25) is 19.3 Å². The summed E-state index contributed by atoms with van der Waals surface area (Å²) in [5, 5.41) is 2.72. The summed E-state index contributed by atoms with van der Waals surface area (Å²) in [6, 6.07) is 6.92. The van der Waals surface area contributed by atoms with Crippen LogP contribution in [0.3, 0.4) is 0 Å². The average Bonchev–Trinajstić information content (AvgIpc) is 3.25. The van der Waals surface area contributed by atoms with Gasteiger partial charge >= 0.3 is 0 Å². The SMILES string of the molecule is COc1ccc(NC(=O)CN2C(=O)[C@H]3[C@@H]4CC[C@@H](C4)[C@@H]3C2=O)cc1. The summed E-state index contributed by atoms with van der Waals surface area (Å²) in [5.41, 5.74) is 0.611. The largest absolute Gasteiger partial charge is 0.497 e. The lowest BCUT2D eigenvalue weighted by Crippen LogP contribution is -2.39. The van der Waals surface area contributed by atoms with Crippen molar-refractivity contribution < 1.29 is 19.1 Å². The highest BCUT2D eigenvalue weighted by atomic mass is 16.5. The summed E-state index contributed by atoms with van der Waals surface area (Å²) in [5.74, 6) is 0.367. The van der Waals surface area contributed by atoms with Crippen molar-refractivity contribution in [3.63, 3.8) is 0 Å². The predicted molar refractivity (Wildman–Crippen MR) is 86.2 cm³/mol. The molecule has 3 fully saturated rings. The number of rotatable bonds is 4. The molecule has 24 heavy (non-hydrogen) atoms. The fourth-order valence-corrected chi connectivity index (χ4v) is 4.64. The molecule has 1 aromatic carbocycles. The molecule has 0 spiro atoms. The molecule has 3 aliphatic rings. The first-order valence-electron chi connectivity index (χ1n) is 8.37. The van der Waals surface area contributed by atoms with Gasteiger partial charge in [0.15, 0.2) is 0 Å². The van der Waals surface area contributed by atoms with E-state index in [1.165, 1.54) is 4.90 Å². The zero-order valence-corrected chi connectivity index (χ0v) is 13.5. The summed E-state index contributed by atoms with van der Waals surface area (Å²) in [4.78, 5) is 38.5. The van der Waals surface area contributed by atoms with Gasteiger partial charge in [0.2, 0.25) is 17.7 Å². The maximum atomic E-state index is 12.6. The van der Waals surface area contributed by atoms with Crippen LogP contribution in [0.25, 0.3) is 0 Å². The molecule has 1 aromatic rings. The first-order valence-corrected chi connectivity index (χ1v) is 8.37. The Bertz CT molecular complexity index is 671. The predicted octanol–water partition coefficient (Wildman–Crippen LogP) is 1.66. The quantitative estimate of drug-likeness (QED) is 0.853. The second-order valence-corrected chi connectivity index (χ2v) is 6.92. The highest BCUT2D eigenvalue weighted by molar-refractivity contribution is 6.09. The molecule has 4 atom stereocenters. The highest BCUT2D eigenvalue weighted by Gasteiger charge is 2.60. The van der Waals surface area contributed by atoms with E-state index in [0.29, 0.717) is 23.3 Å². The van der Waals surface area contributed by atoms with Gasteiger partial charge in [0.25, 0.3) is 0 Å². The first kappa shape index (κ1) is 15.2. The summed E-state index contributed by atoms with van der Waals surface area (Å²) >= 11 is 0. The van der Waals surface area contributed by atoms with E-state index in [2.05, 4.69) is 5.32 Å². The Labute approximate surface area is 140 Å². The molecule has 6 nitrogen and oxygen atoms in total. The molecule has 1 heterocycles. The number of carbonyl (C=O) groups excluding carboxylic acids is 3. The van der Waals surface area contributed by atoms with E-state index in [9.17, 15) is 14.4 Å². The number of methoxy groups -OCH3 is 1. The number of nitrogens with zero attached hydrogens (tertiary/aromatic N) is 1. The number of ether oxygens (including phenoxy) is 1. The molecule has 2 saturated carbocycles. The van der Waals surface area contributed by atoms with Gasteiger partial charge in [-0.15, -0.1) is 0 Å². The van der Waals surface area contributed by atoms with E-state index in [1.54, 1.807) is 31.4 Å². The normalized spacial score (nSPS) is 30.6. The van der Waals surface area contributed by atoms with Gasteiger partial charge in [0.05, 0.1) is 18.9 Å². The minimum absolute atomic E-state index is 0.151. The number of benzene rings is 1. The Kier molecular flexibility index (Phi) is 3.55. The van der Waals surface area contributed by atoms with Crippen molar-refractivity contribution in [1.29, 1.82) is 0 Å². The van der Waals surface area contributed by atoms with E-state index >= 15 is 0 Å². The summed E-state index contributed by atoms with van der Waals surface area (Å²) < 4.78 is 5.07. The lowest BCUT2D eigenvalue weighted by Gasteiger charge is -2.19. The van der Waals surface area contributed by atoms with Crippen molar-refractivity contribution in [2.75, 3.05) is 19.0 Å². The molecular formula is C18H20N2O4. The van der Waals surface area contributed by atoms with Gasteiger partial charge in [-0.25, -0.2) is 0 Å². The Morgan fingerprint density at radius 2 is 1.71 bits per heavy atom. The number of fused-ring (bicyclic) bond motifs is 5. The van der Waals surface area contributed by atoms with Crippen LogP contribution in [-0.4, -0.2) is 36.3 Å². The van der Waals surface area contributed by atoms with E-state index in [0.717, 1.165) is 19.3 Å². The number of nitrogens with one attached hydrogen (secondary N) is 1. The smallest absolute Gasteiger partial charge is 0.244 e. The van der Waals surface area contributed by atoms with Gasteiger partial charge in [-0.2, -0.15) is 0 Å². The van der Waals surface area contributed by atoms with Gasteiger partial charge in [-0.1, -0.05) is 0 Å². The molecule has 1 N–H and O–H groups in total. The first-order chi connectivity index (χ1) is 11.6. The average molecular weight is 328 g/mol. The van der Waals surface area contributed by atoms with Crippen LogP contribution in [0.1, 0.15) is 19.3 Å². The number of amides is 3. The Morgan fingerprint density at radius 3 is 2.25 bits per heavy atom. The lowest BCUT2D eigenvalue weighted by atomic mass is 9.81. The van der Waals surface area contributed by atoms with E-state index in [4.69, 9.17) is 4.74 Å². The molecule has 0 radical (unpaired) electrons. The zero-order valence-electron chi connectivity index (χ0n) is 13.5. The summed E-state index contributed by atoms with van der Waals surface area (Å²) in [6.45, 7) is -0.198. The van der Waals surface area contributed by atoms with Crippen molar-refractivity contribution in [2.24, 2.45) is 23.7 Å². The van der Waals surface area contributed by atoms with Crippen LogP contribution in [-0.2, 0) is 14.4 Å². The monoisotopic (exact) mass is 328 g/mol. The fourth-order valence-electron chi connectivity index (χ4n) is 4.64. The molecule has 2 aliphatic carbocycles. The summed E-state index contributed by atoms with van der Waals surface area (Å²) in [7, 11) is 1.57. The Hall–Kier alpha value is -2.37. The number of hydrogen-bond donors (Lipinski definition) is 1. The van der Waals surface area contributed by atoms with Crippen LogP contribution in [0.2, 0.25) is 0 Å². The maximum Gasteiger partial charge on any atom is 0.244 e. The number of likely N-dealkylation sites (tertiary alicyclic amines) is 1. The van der Waals surface area contributed by atoms with Gasteiger partial charge in [0.1, 0.15) is 12.3 Å². The van der Waals surface area contributed by atoms with E-state index in [-0.39, 0.29) is 36.1 Å². The topological polar surface area (TPSA) is 75.7 Å². The molecular weight excluding hydrogens is 308 g/mol. The third kappa shape index (κ3) is 2.28. The minimum atomic E-state index is -0.353. The molecule has 0 aromatic heterocycles. The van der Waals surface area contributed by atoms with Gasteiger partial charge < -0.3 is 10.1 Å². The minimum Gasteiger partial charge on any atom is -0.497 e. The lowest BCUT2D eigenvalue weighted by molar-refractivity contribution is -0.143. The number of imide groups is 1. The molecule has 1 saturated heterocycles. The third-order valence-electron chi connectivity index (χ3n) is 5.69. The van der Waals surface area contributed by atoms with Gasteiger partial charge in [0, 0.05) is 5.69 Å². The number of anilines is 1. The standard InChI is InChI=1S/C18H20N2O4/c1-24-13-6-4-12(5-7-13)19-14(21)9-20-17(22)15-10-2-3-11(8-10)16(15)18(20)23/h4-7,10-11,15-16H,2-3,8-9H2,1H3,(H,19,21)/t10-,11+,15-,16-/m0/s1. The molecule has 2 bridgehead atoms. The van der Waals surface area contributed by atoms with Crippen molar-refractivity contribution in [3.05, 3.63) is 24.3 Å². The zero-order chi connectivity index (χ0) is 16.8. The van der Waals surface area contributed by atoms with Crippen molar-refractivity contribution in [1.82, 2.24) is 4.90 Å². The molecule has 3 amide bonds. The Balaban J connectivity index is 1.42. The van der Waals surface area contributed by atoms with Crippen LogP contribution >= 0.6 is 0 Å². The molecule has 126 valence electrons. The van der Waals surface area contributed by atoms with E-state index < -0.39 is 0 Å². The highest BCUT2D eigenvalue weighted by Crippen LogP contribution is 2.56. The van der Waals surface area contributed by atoms with E-state index in [1.807, 2.05) is 0 Å². The fraction of sp³-hybridized carbons (Fsp3) is 0.500. The summed E-state index contributed by atoms with van der Waals surface area (Å²) in [6.07, 6.45) is 3.08. The van der Waals surface area contributed by atoms with Crippen LogP contribution in [0.5, 0.6) is 5.75 Å². The van der Waals surface area contributed by atoms with Crippen molar-refractivity contribution >= 4 is 23.4 Å². The van der Waals surface area contributed by atoms with Crippen LogP contribution in [0.4, 0.5) is 5.69 Å². The maximum absolute atomic E-state index is 12.6. The molecule has 0 unspecified atom stereocenters. The molecule has 4 rings (SSSR count). The number of carbonyl (C=O) groups is 3. The second kappa shape index (κ2) is 5.61. The molecule has 1 aliphatic heterocycles. The Morgan fingerprint density at radius 1 is 1.12 bits per heavy atom. The molecule has 6 heteroatoms. The van der Waals surface area contributed by atoms with Crippen LogP contribution in [0.15, 0.2) is 24.3 Å². The van der Waals surface area contributed by atoms with Gasteiger partial charge in [-0.05, 0) is 55.4 Å². The third-order valence-corrected chi connectivity index (χ3v) is 5.69.